The number of ether oxygens (including phenoxy) is 1. The number of unbranched alkanes of at least 4 members (excludes halogenated alkanes) is 2. The van der Waals surface area contributed by atoms with Crippen LogP contribution in [0.2, 0.25) is 0 Å². The summed E-state index contributed by atoms with van der Waals surface area (Å²) in [5.41, 5.74) is 0.782. The van der Waals surface area contributed by atoms with Crippen molar-refractivity contribution in [2.75, 3.05) is 18.1 Å². The lowest BCUT2D eigenvalue weighted by atomic mass is 10.1. The molecule has 0 saturated carbocycles. The first-order valence-electron chi connectivity index (χ1n) is 7.48. The molecule has 1 aromatic carbocycles. The van der Waals surface area contributed by atoms with E-state index in [0.717, 1.165) is 24.5 Å². The van der Waals surface area contributed by atoms with Gasteiger partial charge < -0.3 is 10.1 Å². The highest BCUT2D eigenvalue weighted by atomic mass is 32.1. The van der Waals surface area contributed by atoms with E-state index in [2.05, 4.69) is 12.2 Å². The van der Waals surface area contributed by atoms with Crippen molar-refractivity contribution in [3.05, 3.63) is 24.3 Å². The zero-order valence-electron chi connectivity index (χ0n) is 12.6. The van der Waals surface area contributed by atoms with Gasteiger partial charge in [-0.15, -0.1) is 0 Å². The fraction of sp³-hybridized carbons (Fsp3) is 0.500. The molecule has 1 aliphatic heterocycles. The van der Waals surface area contributed by atoms with Gasteiger partial charge in [0.05, 0.1) is 18.2 Å². The molecular formula is C16H22N2O2S. The number of nitrogens with one attached hydrogen (secondary N) is 1. The molecule has 1 aliphatic rings. The molecule has 1 fully saturated rings. The van der Waals surface area contributed by atoms with Crippen LogP contribution in [-0.2, 0) is 4.79 Å². The molecule has 21 heavy (non-hydrogen) atoms. The van der Waals surface area contributed by atoms with E-state index >= 15 is 0 Å². The van der Waals surface area contributed by atoms with Gasteiger partial charge in [0.15, 0.2) is 5.11 Å². The fourth-order valence-corrected chi connectivity index (χ4v) is 2.48. The predicted molar refractivity (Wildman–Crippen MR) is 88.7 cm³/mol. The molecule has 0 spiro atoms. The van der Waals surface area contributed by atoms with Crippen LogP contribution in [0.25, 0.3) is 0 Å². The van der Waals surface area contributed by atoms with Crippen LogP contribution in [0, 0.1) is 5.92 Å². The normalized spacial score (nSPS) is 18.6. The Labute approximate surface area is 131 Å². The Bertz CT molecular complexity index is 502. The third-order valence-corrected chi connectivity index (χ3v) is 3.84. The lowest BCUT2D eigenvalue weighted by Crippen LogP contribution is -2.54. The molecule has 1 N–H and O–H groups in total. The summed E-state index contributed by atoms with van der Waals surface area (Å²) in [6, 6.07) is 7.52. The number of anilines is 1. The monoisotopic (exact) mass is 306 g/mol. The van der Waals surface area contributed by atoms with Crippen LogP contribution in [0.1, 0.15) is 33.1 Å². The van der Waals surface area contributed by atoms with Gasteiger partial charge in [-0.05, 0) is 42.9 Å². The molecule has 1 aromatic rings. The van der Waals surface area contributed by atoms with E-state index in [4.69, 9.17) is 17.0 Å². The Balaban J connectivity index is 2.00. The maximum atomic E-state index is 12.2. The van der Waals surface area contributed by atoms with Crippen molar-refractivity contribution in [1.29, 1.82) is 0 Å². The second-order valence-electron chi connectivity index (χ2n) is 5.31. The van der Waals surface area contributed by atoms with Crippen LogP contribution in [0.3, 0.4) is 0 Å². The van der Waals surface area contributed by atoms with Crippen LogP contribution in [0.4, 0.5) is 5.69 Å². The van der Waals surface area contributed by atoms with E-state index in [-0.39, 0.29) is 11.8 Å². The molecule has 0 radical (unpaired) electrons. The quantitative estimate of drug-likeness (QED) is 0.648. The Morgan fingerprint density at radius 2 is 2.05 bits per heavy atom. The van der Waals surface area contributed by atoms with Crippen molar-refractivity contribution in [2.45, 2.75) is 33.1 Å². The highest BCUT2D eigenvalue weighted by Crippen LogP contribution is 2.23. The standard InChI is InChI=1S/C16H22N2O2S/c1-3-4-5-10-20-14-8-6-13(7-9-14)18-15(19)12(2)11-17-16(18)21/h6-9,12H,3-5,10-11H2,1-2H3,(H,17,21)/t12-/m1/s1. The van der Waals surface area contributed by atoms with Crippen LogP contribution >= 0.6 is 12.2 Å². The summed E-state index contributed by atoms with van der Waals surface area (Å²) >= 11 is 5.23. The van der Waals surface area contributed by atoms with E-state index in [1.54, 1.807) is 4.90 Å². The van der Waals surface area contributed by atoms with Crippen molar-refractivity contribution in [3.8, 4) is 5.75 Å². The number of benzene rings is 1. The summed E-state index contributed by atoms with van der Waals surface area (Å²) in [7, 11) is 0. The molecule has 0 aliphatic carbocycles. The van der Waals surface area contributed by atoms with Crippen molar-refractivity contribution in [3.63, 3.8) is 0 Å². The SMILES string of the molecule is CCCCCOc1ccc(N2C(=O)[C@H](C)CNC2=S)cc1. The maximum absolute atomic E-state index is 12.2. The smallest absolute Gasteiger partial charge is 0.237 e. The number of carbonyl (C=O) groups excluding carboxylic acids is 1. The number of thiocarbonyl (C=S) groups is 1. The maximum Gasteiger partial charge on any atom is 0.237 e. The van der Waals surface area contributed by atoms with Crippen LogP contribution in [0.15, 0.2) is 24.3 Å². The highest BCUT2D eigenvalue weighted by Gasteiger charge is 2.29. The summed E-state index contributed by atoms with van der Waals surface area (Å²) < 4.78 is 5.67. The number of carbonyl (C=O) groups is 1. The lowest BCUT2D eigenvalue weighted by molar-refractivity contribution is -0.121. The summed E-state index contributed by atoms with van der Waals surface area (Å²) in [4.78, 5) is 13.8. The minimum Gasteiger partial charge on any atom is -0.494 e. The Morgan fingerprint density at radius 1 is 1.33 bits per heavy atom. The van der Waals surface area contributed by atoms with Crippen molar-refractivity contribution in [1.82, 2.24) is 5.32 Å². The van der Waals surface area contributed by atoms with E-state index in [1.807, 2.05) is 31.2 Å². The van der Waals surface area contributed by atoms with Gasteiger partial charge in [-0.25, -0.2) is 0 Å². The summed E-state index contributed by atoms with van der Waals surface area (Å²) in [5.74, 6) is 0.795. The minimum absolute atomic E-state index is 0.0374. The zero-order valence-corrected chi connectivity index (χ0v) is 13.4. The Hall–Kier alpha value is -1.62. The van der Waals surface area contributed by atoms with Crippen molar-refractivity contribution >= 4 is 28.9 Å². The van der Waals surface area contributed by atoms with Gasteiger partial charge in [-0.3, -0.25) is 9.69 Å². The van der Waals surface area contributed by atoms with Crippen molar-refractivity contribution in [2.24, 2.45) is 5.92 Å². The highest BCUT2D eigenvalue weighted by molar-refractivity contribution is 7.80. The van der Waals surface area contributed by atoms with Crippen LogP contribution in [-0.4, -0.2) is 24.2 Å². The number of hydrogen-bond donors (Lipinski definition) is 1. The van der Waals surface area contributed by atoms with E-state index in [1.165, 1.54) is 12.8 Å². The van der Waals surface area contributed by atoms with E-state index in [0.29, 0.717) is 11.7 Å². The second-order valence-corrected chi connectivity index (χ2v) is 5.70. The molecule has 1 saturated heterocycles. The molecule has 0 bridgehead atoms. The van der Waals surface area contributed by atoms with Gasteiger partial charge in [-0.2, -0.15) is 0 Å². The predicted octanol–water partition coefficient (Wildman–Crippen LogP) is 3.11. The van der Waals surface area contributed by atoms with Gasteiger partial charge in [0.25, 0.3) is 0 Å². The summed E-state index contributed by atoms with van der Waals surface area (Å²) in [6.07, 6.45) is 3.43. The zero-order chi connectivity index (χ0) is 15.2. The topological polar surface area (TPSA) is 41.6 Å². The van der Waals surface area contributed by atoms with E-state index in [9.17, 15) is 4.79 Å². The van der Waals surface area contributed by atoms with Gasteiger partial charge in [-0.1, -0.05) is 26.7 Å². The number of nitrogens with zero attached hydrogens (tertiary/aromatic N) is 1. The molecule has 114 valence electrons. The summed E-state index contributed by atoms with van der Waals surface area (Å²) in [5, 5.41) is 3.55. The van der Waals surface area contributed by atoms with Gasteiger partial charge in [0.2, 0.25) is 5.91 Å². The Kier molecular flexibility index (Phi) is 5.56. The Morgan fingerprint density at radius 3 is 2.71 bits per heavy atom. The first-order chi connectivity index (χ1) is 10.1. The molecule has 5 heteroatoms. The lowest BCUT2D eigenvalue weighted by Gasteiger charge is -2.32. The molecule has 1 heterocycles. The van der Waals surface area contributed by atoms with Crippen LogP contribution in [0.5, 0.6) is 5.75 Å². The number of hydrogen-bond acceptors (Lipinski definition) is 3. The van der Waals surface area contributed by atoms with Crippen molar-refractivity contribution < 1.29 is 9.53 Å². The number of amides is 1. The first kappa shape index (κ1) is 15.8. The van der Waals surface area contributed by atoms with Gasteiger partial charge in [0, 0.05) is 6.54 Å². The minimum atomic E-state index is -0.0679. The molecule has 4 nitrogen and oxygen atoms in total. The van der Waals surface area contributed by atoms with Gasteiger partial charge in [0.1, 0.15) is 5.75 Å². The third-order valence-electron chi connectivity index (χ3n) is 3.52. The number of rotatable bonds is 6. The molecule has 1 amide bonds. The molecule has 0 unspecified atom stereocenters. The molecule has 1 atom stereocenters. The largest absolute Gasteiger partial charge is 0.494 e. The first-order valence-corrected chi connectivity index (χ1v) is 7.89. The van der Waals surface area contributed by atoms with Crippen LogP contribution < -0.4 is 15.0 Å². The average Bonchev–Trinajstić information content (AvgIpc) is 2.49. The molecular weight excluding hydrogens is 284 g/mol. The van der Waals surface area contributed by atoms with E-state index < -0.39 is 0 Å². The molecule has 0 aromatic heterocycles. The average molecular weight is 306 g/mol. The molecule has 2 rings (SSSR count). The summed E-state index contributed by atoms with van der Waals surface area (Å²) in [6.45, 7) is 5.40. The third kappa shape index (κ3) is 3.94. The fourth-order valence-electron chi connectivity index (χ4n) is 2.21. The second kappa shape index (κ2) is 7.41. The van der Waals surface area contributed by atoms with Gasteiger partial charge >= 0.3 is 0 Å².